The Morgan fingerprint density at radius 3 is 2.42 bits per heavy atom. The zero-order valence-electron chi connectivity index (χ0n) is 14.7. The van der Waals surface area contributed by atoms with Crippen LogP contribution < -0.4 is 0 Å². The summed E-state index contributed by atoms with van der Waals surface area (Å²) in [5, 5.41) is 2.45. The second kappa shape index (κ2) is 7.44. The summed E-state index contributed by atoms with van der Waals surface area (Å²) in [6, 6.07) is 19.8. The summed E-state index contributed by atoms with van der Waals surface area (Å²) in [6.07, 6.45) is 5.05. The van der Waals surface area contributed by atoms with E-state index in [0.29, 0.717) is 0 Å². The minimum absolute atomic E-state index is 0.919. The lowest BCUT2D eigenvalue weighted by atomic mass is 9.95. The Labute approximate surface area is 145 Å². The lowest BCUT2D eigenvalue weighted by Crippen LogP contribution is -1.90. The van der Waals surface area contributed by atoms with Crippen LogP contribution in [0.15, 0.2) is 59.6 Å². The summed E-state index contributed by atoms with van der Waals surface area (Å²) in [6.45, 7) is 8.07. The van der Waals surface area contributed by atoms with Crippen LogP contribution in [-0.2, 0) is 6.42 Å². The van der Waals surface area contributed by atoms with Gasteiger partial charge in [-0.05, 0) is 77.7 Å². The average molecular weight is 315 g/mol. The number of rotatable bonds is 6. The maximum absolute atomic E-state index is 4.01. The molecule has 1 heteroatoms. The van der Waals surface area contributed by atoms with Gasteiger partial charge >= 0.3 is 0 Å². The molecule has 0 atom stereocenters. The maximum Gasteiger partial charge on any atom is 0.0628 e. The van der Waals surface area contributed by atoms with Crippen LogP contribution in [0.3, 0.4) is 0 Å². The van der Waals surface area contributed by atoms with E-state index < -0.39 is 0 Å². The van der Waals surface area contributed by atoms with Gasteiger partial charge in [0.25, 0.3) is 0 Å². The first-order valence-corrected chi connectivity index (χ1v) is 8.81. The molecule has 0 saturated carbocycles. The Morgan fingerprint density at radius 1 is 0.875 bits per heavy atom. The predicted molar refractivity (Wildman–Crippen MR) is 107 cm³/mol. The van der Waals surface area contributed by atoms with Gasteiger partial charge in [0.05, 0.1) is 5.69 Å². The van der Waals surface area contributed by atoms with Crippen molar-refractivity contribution in [2.24, 2.45) is 4.99 Å². The molecular formula is C23H25N. The Hall–Kier alpha value is -2.41. The third kappa shape index (κ3) is 3.56. The molecule has 0 radical (unpaired) electrons. The molecule has 0 aliphatic heterocycles. The number of aliphatic imine (C=N–C) groups is 1. The number of hydrogen-bond donors (Lipinski definition) is 0. The molecule has 0 fully saturated rings. The van der Waals surface area contributed by atoms with E-state index >= 15 is 0 Å². The van der Waals surface area contributed by atoms with E-state index in [1.54, 1.807) is 0 Å². The summed E-state index contributed by atoms with van der Waals surface area (Å²) in [7, 11) is 0. The Bertz CT molecular complexity index is 861. The van der Waals surface area contributed by atoms with Gasteiger partial charge in [0.1, 0.15) is 0 Å². The molecule has 122 valence electrons. The zero-order chi connectivity index (χ0) is 16.9. The molecule has 3 aromatic carbocycles. The summed E-state index contributed by atoms with van der Waals surface area (Å²) >= 11 is 0. The molecule has 0 N–H and O–H groups in total. The van der Waals surface area contributed by atoms with Crippen molar-refractivity contribution in [2.75, 3.05) is 0 Å². The zero-order valence-corrected chi connectivity index (χ0v) is 14.7. The number of benzene rings is 3. The molecule has 0 aliphatic carbocycles. The molecule has 3 aromatic rings. The highest BCUT2D eigenvalue weighted by molar-refractivity contribution is 5.89. The monoisotopic (exact) mass is 315 g/mol. The normalized spacial score (nSPS) is 10.9. The average Bonchev–Trinajstić information content (AvgIpc) is 2.61. The Balaban J connectivity index is 1.90. The standard InChI is InChI=1S/C23H25N/c1-4-5-6-7-18-8-13-23(17(2)14-18)21-10-9-20-16-22(24-3)12-11-19(20)15-21/h8-16H,3-7H2,1-2H3. The summed E-state index contributed by atoms with van der Waals surface area (Å²) < 4.78 is 0. The van der Waals surface area contributed by atoms with Crippen LogP contribution in [0.4, 0.5) is 5.69 Å². The van der Waals surface area contributed by atoms with Crippen LogP contribution in [0, 0.1) is 6.92 Å². The van der Waals surface area contributed by atoms with Crippen molar-refractivity contribution in [3.8, 4) is 11.1 Å². The number of aryl methyl sites for hydroxylation is 2. The number of nitrogens with zero attached hydrogens (tertiary/aromatic N) is 1. The second-order valence-corrected chi connectivity index (χ2v) is 6.51. The molecule has 0 bridgehead atoms. The molecule has 0 heterocycles. The van der Waals surface area contributed by atoms with Crippen LogP contribution >= 0.6 is 0 Å². The summed E-state index contributed by atoms with van der Waals surface area (Å²) in [5.74, 6) is 0. The first-order chi connectivity index (χ1) is 11.7. The molecule has 3 rings (SSSR count). The van der Waals surface area contributed by atoms with Gasteiger partial charge in [0, 0.05) is 0 Å². The third-order valence-electron chi connectivity index (χ3n) is 4.68. The minimum Gasteiger partial charge on any atom is -0.265 e. The van der Waals surface area contributed by atoms with Gasteiger partial charge in [-0.25, -0.2) is 0 Å². The van der Waals surface area contributed by atoms with Crippen molar-refractivity contribution in [1.82, 2.24) is 0 Å². The highest BCUT2D eigenvalue weighted by atomic mass is 14.7. The van der Waals surface area contributed by atoms with Gasteiger partial charge in [-0.2, -0.15) is 0 Å². The molecule has 0 amide bonds. The molecule has 1 nitrogen and oxygen atoms in total. The van der Waals surface area contributed by atoms with Crippen molar-refractivity contribution in [2.45, 2.75) is 39.5 Å². The van der Waals surface area contributed by atoms with Crippen LogP contribution in [0.5, 0.6) is 0 Å². The quantitative estimate of drug-likeness (QED) is 0.347. The molecule has 24 heavy (non-hydrogen) atoms. The fourth-order valence-electron chi connectivity index (χ4n) is 3.28. The van der Waals surface area contributed by atoms with Crippen molar-refractivity contribution in [3.63, 3.8) is 0 Å². The van der Waals surface area contributed by atoms with Gasteiger partial charge in [-0.15, -0.1) is 0 Å². The van der Waals surface area contributed by atoms with E-state index in [9.17, 15) is 0 Å². The number of unbranched alkanes of at least 4 members (excludes halogenated alkanes) is 2. The van der Waals surface area contributed by atoms with E-state index in [0.717, 1.165) is 5.69 Å². The van der Waals surface area contributed by atoms with Crippen molar-refractivity contribution in [3.05, 3.63) is 65.7 Å². The van der Waals surface area contributed by atoms with Gasteiger partial charge in [-0.1, -0.05) is 56.2 Å². The topological polar surface area (TPSA) is 12.4 Å². The van der Waals surface area contributed by atoms with Crippen molar-refractivity contribution >= 4 is 23.2 Å². The molecule has 0 saturated heterocycles. The lowest BCUT2D eigenvalue weighted by molar-refractivity contribution is 0.717. The van der Waals surface area contributed by atoms with Gasteiger partial charge in [-0.3, -0.25) is 4.99 Å². The van der Waals surface area contributed by atoms with E-state index in [2.05, 4.69) is 74.1 Å². The Kier molecular flexibility index (Phi) is 5.10. The largest absolute Gasteiger partial charge is 0.265 e. The summed E-state index contributed by atoms with van der Waals surface area (Å²) in [5.41, 5.74) is 6.32. The van der Waals surface area contributed by atoms with Crippen LogP contribution in [0.1, 0.15) is 37.3 Å². The molecule has 0 unspecified atom stereocenters. The molecule has 0 aromatic heterocycles. The minimum atomic E-state index is 0.919. The Morgan fingerprint density at radius 2 is 1.67 bits per heavy atom. The number of hydrogen-bond acceptors (Lipinski definition) is 1. The fourth-order valence-corrected chi connectivity index (χ4v) is 3.28. The SMILES string of the molecule is C=Nc1ccc2cc(-c3ccc(CCCCC)cc3C)ccc2c1. The van der Waals surface area contributed by atoms with E-state index in [-0.39, 0.29) is 0 Å². The maximum atomic E-state index is 4.01. The van der Waals surface area contributed by atoms with Crippen LogP contribution in [0.25, 0.3) is 21.9 Å². The third-order valence-corrected chi connectivity index (χ3v) is 4.68. The van der Waals surface area contributed by atoms with Crippen molar-refractivity contribution < 1.29 is 0 Å². The highest BCUT2D eigenvalue weighted by Crippen LogP contribution is 2.29. The smallest absolute Gasteiger partial charge is 0.0628 e. The van der Waals surface area contributed by atoms with Gasteiger partial charge in [0.15, 0.2) is 0 Å². The van der Waals surface area contributed by atoms with E-state index in [1.165, 1.54) is 58.7 Å². The summed E-state index contributed by atoms with van der Waals surface area (Å²) in [4.78, 5) is 4.01. The van der Waals surface area contributed by atoms with Crippen LogP contribution in [0.2, 0.25) is 0 Å². The fraction of sp³-hybridized carbons (Fsp3) is 0.261. The molecule has 0 aliphatic rings. The number of fused-ring (bicyclic) bond motifs is 1. The highest BCUT2D eigenvalue weighted by Gasteiger charge is 2.05. The van der Waals surface area contributed by atoms with Gasteiger partial charge in [0.2, 0.25) is 0 Å². The lowest BCUT2D eigenvalue weighted by Gasteiger charge is -2.10. The predicted octanol–water partition coefficient (Wildman–Crippen LogP) is 6.88. The van der Waals surface area contributed by atoms with E-state index in [4.69, 9.17) is 0 Å². The van der Waals surface area contributed by atoms with Crippen LogP contribution in [-0.4, -0.2) is 6.72 Å². The molecular weight excluding hydrogens is 290 g/mol. The van der Waals surface area contributed by atoms with Gasteiger partial charge < -0.3 is 0 Å². The first kappa shape index (κ1) is 16.4. The molecule has 0 spiro atoms. The van der Waals surface area contributed by atoms with E-state index in [1.807, 2.05) is 6.07 Å². The first-order valence-electron chi connectivity index (χ1n) is 8.81. The second-order valence-electron chi connectivity index (χ2n) is 6.51. The van der Waals surface area contributed by atoms with Crippen molar-refractivity contribution in [1.29, 1.82) is 0 Å².